The lowest BCUT2D eigenvalue weighted by molar-refractivity contribution is -0.146. The van der Waals surface area contributed by atoms with Crippen molar-refractivity contribution in [2.75, 3.05) is 19.4 Å². The molecule has 11 nitrogen and oxygen atoms in total. The van der Waals surface area contributed by atoms with E-state index in [0.717, 1.165) is 46.1 Å². The molecule has 3 aromatic rings. The van der Waals surface area contributed by atoms with E-state index in [0.29, 0.717) is 35.6 Å². The summed E-state index contributed by atoms with van der Waals surface area (Å²) in [6, 6.07) is 11.5. The summed E-state index contributed by atoms with van der Waals surface area (Å²) >= 11 is 0. The Morgan fingerprint density at radius 1 is 1.11 bits per heavy atom. The second-order valence-corrected chi connectivity index (χ2v) is 9.41. The summed E-state index contributed by atoms with van der Waals surface area (Å²) in [6.45, 7) is 12.9. The maximum absolute atomic E-state index is 12.1. The first kappa shape index (κ1) is 36.0. The van der Waals surface area contributed by atoms with Gasteiger partial charge in [0.1, 0.15) is 24.4 Å². The molecule has 1 aromatic heterocycles. The normalized spacial score (nSPS) is 15.7. The number of aromatic nitrogens is 1. The first-order valence-corrected chi connectivity index (χ1v) is 14.8. The predicted octanol–water partition coefficient (Wildman–Crippen LogP) is 6.19. The number of nitrogens with two attached hydrogens (primary N) is 1. The van der Waals surface area contributed by atoms with Crippen molar-refractivity contribution >= 4 is 47.2 Å². The molecule has 0 bridgehead atoms. The molecule has 0 amide bonds. The van der Waals surface area contributed by atoms with Crippen LogP contribution in [-0.4, -0.2) is 53.5 Å². The van der Waals surface area contributed by atoms with E-state index in [2.05, 4.69) is 16.6 Å². The van der Waals surface area contributed by atoms with Gasteiger partial charge in [0, 0.05) is 35.8 Å². The number of aryl methyl sites for hydroxylation is 1. The third kappa shape index (κ3) is 8.69. The van der Waals surface area contributed by atoms with Gasteiger partial charge in [-0.2, -0.15) is 0 Å². The van der Waals surface area contributed by atoms with Gasteiger partial charge in [0.05, 0.1) is 22.8 Å². The fourth-order valence-electron chi connectivity index (χ4n) is 4.81. The summed E-state index contributed by atoms with van der Waals surface area (Å²) in [6.07, 6.45) is 2.11. The smallest absolute Gasteiger partial charge is 0.460 e. The largest absolute Gasteiger partial charge is 0.511 e. The van der Waals surface area contributed by atoms with E-state index in [4.69, 9.17) is 25.3 Å². The van der Waals surface area contributed by atoms with Gasteiger partial charge in [0.15, 0.2) is 0 Å². The number of anilines is 1. The van der Waals surface area contributed by atoms with Crippen LogP contribution in [0.1, 0.15) is 58.4 Å². The number of fused-ring (bicyclic) bond motifs is 2. The molecule has 3 heterocycles. The molecule has 3 N–H and O–H groups in total. The van der Waals surface area contributed by atoms with Crippen LogP contribution in [0.5, 0.6) is 11.5 Å². The van der Waals surface area contributed by atoms with Crippen LogP contribution in [0.4, 0.5) is 10.5 Å². The first-order valence-electron chi connectivity index (χ1n) is 14.8. The molecular weight excluding hydrogens is 578 g/mol. The second-order valence-electron chi connectivity index (χ2n) is 9.41. The molecule has 0 aliphatic carbocycles. The third-order valence-corrected chi connectivity index (χ3v) is 6.84. The molecule has 2 aliphatic heterocycles. The Labute approximate surface area is 263 Å². The van der Waals surface area contributed by atoms with Crippen molar-refractivity contribution in [3.05, 3.63) is 76.5 Å². The lowest BCUT2D eigenvalue weighted by atomic mass is 9.92. The zero-order chi connectivity index (χ0) is 33.7. The van der Waals surface area contributed by atoms with Crippen LogP contribution >= 0.6 is 0 Å². The number of benzene rings is 2. The van der Waals surface area contributed by atoms with Crippen LogP contribution in [0.2, 0.25) is 0 Å². The molecule has 0 saturated carbocycles. The maximum Gasteiger partial charge on any atom is 0.511 e. The highest BCUT2D eigenvalue weighted by Crippen LogP contribution is 2.39. The second kappa shape index (κ2) is 17.2. The summed E-state index contributed by atoms with van der Waals surface area (Å²) in [4.78, 5) is 51.3. The van der Waals surface area contributed by atoms with Crippen molar-refractivity contribution in [1.29, 1.82) is 0 Å². The fraction of sp³-hybridized carbons (Fsp3) is 0.324. The number of esters is 1. The van der Waals surface area contributed by atoms with Crippen LogP contribution in [-0.2, 0) is 32.1 Å². The lowest BCUT2D eigenvalue weighted by Gasteiger charge is -2.22. The molecule has 240 valence electrons. The Morgan fingerprint density at radius 2 is 1.76 bits per heavy atom. The van der Waals surface area contributed by atoms with Crippen LogP contribution < -0.4 is 15.2 Å². The zero-order valence-corrected chi connectivity index (χ0v) is 26.7. The molecule has 0 saturated heterocycles. The minimum absolute atomic E-state index is 0.00672. The quantitative estimate of drug-likeness (QED) is 0.140. The van der Waals surface area contributed by atoms with Gasteiger partial charge in [0.25, 0.3) is 6.47 Å². The molecular formula is C34H41N3O8. The fourth-order valence-corrected chi connectivity index (χ4v) is 4.81. The Balaban J connectivity index is 0.000000394. The van der Waals surface area contributed by atoms with Gasteiger partial charge in [-0.25, -0.2) is 9.78 Å². The van der Waals surface area contributed by atoms with Gasteiger partial charge in [-0.1, -0.05) is 34.6 Å². The number of allylic oxidation sites excluding steroid dienone is 1. The van der Waals surface area contributed by atoms with Crippen LogP contribution in [0.15, 0.2) is 59.7 Å². The van der Waals surface area contributed by atoms with E-state index in [1.807, 2.05) is 53.0 Å². The number of rotatable bonds is 6. The monoisotopic (exact) mass is 619 g/mol. The highest BCUT2D eigenvalue weighted by molar-refractivity contribution is 5.91. The highest BCUT2D eigenvalue weighted by atomic mass is 16.7. The van der Waals surface area contributed by atoms with E-state index in [1.54, 1.807) is 25.1 Å². The number of carboxylic acid groups (broad SMARTS) is 1. The predicted molar refractivity (Wildman–Crippen MR) is 173 cm³/mol. The van der Waals surface area contributed by atoms with Gasteiger partial charge in [-0.05, 0) is 73.0 Å². The van der Waals surface area contributed by atoms with Crippen molar-refractivity contribution in [1.82, 2.24) is 9.88 Å². The highest BCUT2D eigenvalue weighted by Gasteiger charge is 2.31. The molecule has 5 rings (SSSR count). The van der Waals surface area contributed by atoms with Crippen molar-refractivity contribution in [3.8, 4) is 11.5 Å². The van der Waals surface area contributed by atoms with Gasteiger partial charge in [-0.3, -0.25) is 14.4 Å². The molecule has 0 fully saturated rings. The van der Waals surface area contributed by atoms with E-state index in [-0.39, 0.29) is 18.3 Å². The van der Waals surface area contributed by atoms with E-state index < -0.39 is 12.1 Å². The molecule has 1 atom stereocenters. The van der Waals surface area contributed by atoms with Crippen LogP contribution in [0, 0.1) is 5.92 Å². The number of aldehydes is 1. The van der Waals surface area contributed by atoms with Crippen molar-refractivity contribution < 1.29 is 38.5 Å². The molecule has 11 heteroatoms. The first-order chi connectivity index (χ1) is 21.7. The van der Waals surface area contributed by atoms with E-state index in [9.17, 15) is 19.2 Å². The Morgan fingerprint density at radius 3 is 2.33 bits per heavy atom. The molecule has 45 heavy (non-hydrogen) atoms. The SMILES string of the molecule is CC.CC.CCc1c2c(nc3ccc(OC=O)cc13)/C(=C/C1=C(C=O)COC(=O)C1C)N(C)C2.Nc1ccc(OC(=O)O)cc1. The topological polar surface area (TPSA) is 158 Å². The Kier molecular flexibility index (Phi) is 13.8. The minimum atomic E-state index is -1.32. The molecule has 2 aromatic carbocycles. The Hall–Kier alpha value is -5.19. The van der Waals surface area contributed by atoms with E-state index in [1.165, 1.54) is 12.1 Å². The number of carbonyl (C=O) groups excluding carboxylic acids is 3. The number of ether oxygens (including phenoxy) is 3. The zero-order valence-electron chi connectivity index (χ0n) is 26.7. The number of hydrogen-bond acceptors (Lipinski definition) is 10. The summed E-state index contributed by atoms with van der Waals surface area (Å²) in [7, 11) is 1.96. The number of nitrogens with zero attached hydrogens (tertiary/aromatic N) is 2. The lowest BCUT2D eigenvalue weighted by Crippen LogP contribution is -2.26. The maximum atomic E-state index is 12.1. The van der Waals surface area contributed by atoms with Crippen LogP contribution in [0.3, 0.4) is 0 Å². The summed E-state index contributed by atoms with van der Waals surface area (Å²) in [5, 5.41) is 9.13. The van der Waals surface area contributed by atoms with Crippen LogP contribution in [0.25, 0.3) is 16.6 Å². The third-order valence-electron chi connectivity index (χ3n) is 6.84. The summed E-state index contributed by atoms with van der Waals surface area (Å²) in [5.41, 5.74) is 11.8. The summed E-state index contributed by atoms with van der Waals surface area (Å²) in [5.74, 6) is -0.104. The summed E-state index contributed by atoms with van der Waals surface area (Å²) < 4.78 is 14.4. The number of cyclic esters (lactones) is 1. The van der Waals surface area contributed by atoms with Gasteiger partial charge >= 0.3 is 12.1 Å². The average Bonchev–Trinajstić information content (AvgIpc) is 3.35. The van der Waals surface area contributed by atoms with Crippen molar-refractivity contribution in [2.45, 2.75) is 54.5 Å². The number of pyridine rings is 1. The standard InChI is InChI=1S/C23H22N2O5.C7H7NO3.2C2H6/c1-4-16-18-7-15(30-12-27)5-6-20(18)24-22-19(16)9-25(3)21(22)8-17-13(2)23(28)29-11-14(17)10-26;8-5-1-3-6(4-2-5)11-7(9)10;2*1-2/h5-8,10,12-13H,4,9,11H2,1-3H3;1-4H,8H2,(H,9,10);2*1-2H3/b21-8-;;;. The van der Waals surface area contributed by atoms with Gasteiger partial charge in [-0.15, -0.1) is 0 Å². The molecule has 1 unspecified atom stereocenters. The van der Waals surface area contributed by atoms with Gasteiger partial charge < -0.3 is 30.0 Å². The minimum Gasteiger partial charge on any atom is -0.460 e. The van der Waals surface area contributed by atoms with Crippen molar-refractivity contribution in [3.63, 3.8) is 0 Å². The molecule has 2 aliphatic rings. The molecule has 0 radical (unpaired) electrons. The number of hydrogen-bond donors (Lipinski definition) is 2. The number of carbonyl (C=O) groups is 4. The average molecular weight is 620 g/mol. The van der Waals surface area contributed by atoms with Crippen molar-refractivity contribution in [2.24, 2.45) is 5.92 Å². The number of nitrogen functional groups attached to an aromatic ring is 1. The molecule has 0 spiro atoms. The Bertz CT molecular complexity index is 1580. The van der Waals surface area contributed by atoms with E-state index >= 15 is 0 Å². The van der Waals surface area contributed by atoms with Gasteiger partial charge in [0.2, 0.25) is 0 Å².